The predicted molar refractivity (Wildman–Crippen MR) is 102 cm³/mol. The third kappa shape index (κ3) is 17.6. The minimum Gasteiger partial charge on any atom is -0.466 e. The van der Waals surface area contributed by atoms with Crippen molar-refractivity contribution in [1.29, 1.82) is 0 Å². The monoisotopic (exact) mass is 356 g/mol. The van der Waals surface area contributed by atoms with Crippen molar-refractivity contribution < 1.29 is 19.1 Å². The van der Waals surface area contributed by atoms with Crippen molar-refractivity contribution in [2.24, 2.45) is 17.8 Å². The Labute approximate surface area is 155 Å². The number of esters is 2. The van der Waals surface area contributed by atoms with E-state index in [1.165, 1.54) is 0 Å². The summed E-state index contributed by atoms with van der Waals surface area (Å²) in [6, 6.07) is 0. The molecule has 0 fully saturated rings. The van der Waals surface area contributed by atoms with E-state index in [2.05, 4.69) is 27.7 Å². The van der Waals surface area contributed by atoms with E-state index < -0.39 is 0 Å². The Kier molecular flexibility index (Phi) is 14.6. The van der Waals surface area contributed by atoms with Crippen molar-refractivity contribution in [1.82, 2.24) is 0 Å². The number of rotatable bonds is 15. The van der Waals surface area contributed by atoms with E-state index in [4.69, 9.17) is 9.47 Å². The van der Waals surface area contributed by atoms with Crippen LogP contribution in [0.15, 0.2) is 0 Å². The molecule has 0 aliphatic rings. The highest BCUT2D eigenvalue weighted by Crippen LogP contribution is 2.11. The van der Waals surface area contributed by atoms with E-state index >= 15 is 0 Å². The average molecular weight is 357 g/mol. The van der Waals surface area contributed by atoms with Crippen LogP contribution >= 0.6 is 0 Å². The standard InChI is InChI=1S/C21H40O4/c1-17(2)10-6-8-12-20(22)24-15-14-19(5)16-25-21(23)13-9-7-11-18(3)4/h17-19H,6-16H2,1-5H3. The summed E-state index contributed by atoms with van der Waals surface area (Å²) in [5.74, 6) is 1.37. The lowest BCUT2D eigenvalue weighted by atomic mass is 10.1. The zero-order valence-corrected chi connectivity index (χ0v) is 17.1. The fourth-order valence-electron chi connectivity index (χ4n) is 2.48. The Morgan fingerprint density at radius 1 is 0.680 bits per heavy atom. The number of hydrogen-bond acceptors (Lipinski definition) is 4. The normalized spacial score (nSPS) is 12.4. The lowest BCUT2D eigenvalue weighted by Gasteiger charge is -2.12. The van der Waals surface area contributed by atoms with Gasteiger partial charge in [0, 0.05) is 12.8 Å². The maximum absolute atomic E-state index is 11.7. The average Bonchev–Trinajstić information content (AvgIpc) is 2.53. The molecule has 0 aromatic carbocycles. The quantitative estimate of drug-likeness (QED) is 0.286. The van der Waals surface area contributed by atoms with Crippen molar-refractivity contribution >= 4 is 11.9 Å². The summed E-state index contributed by atoms with van der Waals surface area (Å²) in [5, 5.41) is 0. The van der Waals surface area contributed by atoms with Crippen LogP contribution in [-0.2, 0) is 19.1 Å². The molecule has 0 spiro atoms. The van der Waals surface area contributed by atoms with Crippen LogP contribution in [0, 0.1) is 17.8 Å². The second-order valence-electron chi connectivity index (χ2n) is 8.08. The fraction of sp³-hybridized carbons (Fsp3) is 0.905. The minimum atomic E-state index is -0.113. The molecule has 4 heteroatoms. The zero-order chi connectivity index (χ0) is 19.1. The topological polar surface area (TPSA) is 52.6 Å². The Morgan fingerprint density at radius 2 is 1.16 bits per heavy atom. The molecule has 0 rings (SSSR count). The summed E-state index contributed by atoms with van der Waals surface area (Å²) in [5.41, 5.74) is 0. The largest absolute Gasteiger partial charge is 0.466 e. The van der Waals surface area contributed by atoms with Gasteiger partial charge in [0.05, 0.1) is 13.2 Å². The van der Waals surface area contributed by atoms with E-state index in [-0.39, 0.29) is 17.9 Å². The highest BCUT2D eigenvalue weighted by molar-refractivity contribution is 5.69. The molecule has 0 saturated heterocycles. The van der Waals surface area contributed by atoms with Gasteiger partial charge in [-0.25, -0.2) is 0 Å². The Bertz CT molecular complexity index is 350. The minimum absolute atomic E-state index is 0.113. The van der Waals surface area contributed by atoms with Crippen LogP contribution in [-0.4, -0.2) is 25.2 Å². The molecular formula is C21H40O4. The smallest absolute Gasteiger partial charge is 0.305 e. The van der Waals surface area contributed by atoms with Gasteiger partial charge in [-0.3, -0.25) is 9.59 Å². The van der Waals surface area contributed by atoms with Gasteiger partial charge in [0.15, 0.2) is 0 Å². The number of carbonyl (C=O) groups excluding carboxylic acids is 2. The first-order valence-corrected chi connectivity index (χ1v) is 10.1. The van der Waals surface area contributed by atoms with Crippen LogP contribution < -0.4 is 0 Å². The Balaban J connectivity index is 3.55. The van der Waals surface area contributed by atoms with E-state index in [9.17, 15) is 9.59 Å². The van der Waals surface area contributed by atoms with Gasteiger partial charge >= 0.3 is 11.9 Å². The fourth-order valence-corrected chi connectivity index (χ4v) is 2.48. The summed E-state index contributed by atoms with van der Waals surface area (Å²) in [6.07, 6.45) is 8.03. The first-order valence-electron chi connectivity index (χ1n) is 10.1. The molecule has 0 saturated carbocycles. The van der Waals surface area contributed by atoms with Gasteiger partial charge in [-0.15, -0.1) is 0 Å². The van der Waals surface area contributed by atoms with E-state index in [1.54, 1.807) is 0 Å². The molecule has 0 aliphatic carbocycles. The Hall–Kier alpha value is -1.06. The Morgan fingerprint density at radius 3 is 1.64 bits per heavy atom. The van der Waals surface area contributed by atoms with Crippen LogP contribution in [0.25, 0.3) is 0 Å². The van der Waals surface area contributed by atoms with Crippen LogP contribution in [0.2, 0.25) is 0 Å². The van der Waals surface area contributed by atoms with Crippen molar-refractivity contribution in [3.8, 4) is 0 Å². The number of ether oxygens (including phenoxy) is 2. The molecule has 4 nitrogen and oxygen atoms in total. The molecule has 1 atom stereocenters. The van der Waals surface area contributed by atoms with E-state index in [1.807, 2.05) is 6.92 Å². The van der Waals surface area contributed by atoms with Gasteiger partial charge in [0.2, 0.25) is 0 Å². The lowest BCUT2D eigenvalue weighted by molar-refractivity contribution is -0.147. The number of unbranched alkanes of at least 4 members (excludes halogenated alkanes) is 2. The maximum Gasteiger partial charge on any atom is 0.305 e. The van der Waals surface area contributed by atoms with Crippen LogP contribution in [0.3, 0.4) is 0 Å². The second kappa shape index (κ2) is 15.2. The summed E-state index contributed by atoms with van der Waals surface area (Å²) in [4.78, 5) is 23.3. The summed E-state index contributed by atoms with van der Waals surface area (Å²) >= 11 is 0. The summed E-state index contributed by atoms with van der Waals surface area (Å²) in [6.45, 7) is 11.6. The molecule has 0 radical (unpaired) electrons. The summed E-state index contributed by atoms with van der Waals surface area (Å²) in [7, 11) is 0. The first-order chi connectivity index (χ1) is 11.8. The molecule has 0 bridgehead atoms. The molecule has 0 aromatic heterocycles. The molecule has 0 aliphatic heterocycles. The molecule has 0 heterocycles. The molecule has 148 valence electrons. The zero-order valence-electron chi connectivity index (χ0n) is 17.1. The maximum atomic E-state index is 11.7. The highest BCUT2D eigenvalue weighted by atomic mass is 16.5. The third-order valence-corrected chi connectivity index (χ3v) is 4.23. The van der Waals surface area contributed by atoms with E-state index in [0.717, 1.165) is 44.9 Å². The van der Waals surface area contributed by atoms with Crippen molar-refractivity contribution in [3.63, 3.8) is 0 Å². The van der Waals surface area contributed by atoms with Crippen LogP contribution in [0.1, 0.15) is 92.4 Å². The van der Waals surface area contributed by atoms with Gasteiger partial charge in [-0.05, 0) is 37.0 Å². The van der Waals surface area contributed by atoms with Crippen molar-refractivity contribution in [2.45, 2.75) is 92.4 Å². The first kappa shape index (κ1) is 23.9. The van der Waals surface area contributed by atoms with Gasteiger partial charge < -0.3 is 9.47 Å². The van der Waals surface area contributed by atoms with Gasteiger partial charge in [-0.1, -0.05) is 60.3 Å². The number of hydrogen-bond donors (Lipinski definition) is 0. The number of carbonyl (C=O) groups is 2. The highest BCUT2D eigenvalue weighted by Gasteiger charge is 2.09. The predicted octanol–water partition coefficient (Wildman–Crippen LogP) is 5.53. The SMILES string of the molecule is CC(C)CCCCC(=O)OCCC(C)COC(=O)CCCCC(C)C. The van der Waals surface area contributed by atoms with Gasteiger partial charge in [0.1, 0.15) is 0 Å². The van der Waals surface area contributed by atoms with Crippen molar-refractivity contribution in [3.05, 3.63) is 0 Å². The van der Waals surface area contributed by atoms with Crippen molar-refractivity contribution in [2.75, 3.05) is 13.2 Å². The molecule has 0 N–H and O–H groups in total. The molecule has 0 amide bonds. The second-order valence-corrected chi connectivity index (χ2v) is 8.08. The van der Waals surface area contributed by atoms with Crippen LogP contribution in [0.4, 0.5) is 0 Å². The third-order valence-electron chi connectivity index (χ3n) is 4.23. The molecular weight excluding hydrogens is 316 g/mol. The lowest BCUT2D eigenvalue weighted by Crippen LogP contribution is -2.15. The van der Waals surface area contributed by atoms with Gasteiger partial charge in [0.25, 0.3) is 0 Å². The summed E-state index contributed by atoms with van der Waals surface area (Å²) < 4.78 is 10.5. The van der Waals surface area contributed by atoms with Crippen LogP contribution in [0.5, 0.6) is 0 Å². The molecule has 0 aromatic rings. The molecule has 25 heavy (non-hydrogen) atoms. The molecule has 1 unspecified atom stereocenters. The van der Waals surface area contributed by atoms with Gasteiger partial charge in [-0.2, -0.15) is 0 Å². The van der Waals surface area contributed by atoms with E-state index in [0.29, 0.717) is 37.9 Å².